The summed E-state index contributed by atoms with van der Waals surface area (Å²) in [6, 6.07) is 16.2. The highest BCUT2D eigenvalue weighted by molar-refractivity contribution is 5.63. The number of nitrogens with zero attached hydrogens (tertiary/aromatic N) is 1. The molecule has 0 saturated heterocycles. The van der Waals surface area contributed by atoms with Crippen LogP contribution in [-0.2, 0) is 12.8 Å². The normalized spacial score (nSPS) is 12.4. The van der Waals surface area contributed by atoms with Crippen molar-refractivity contribution in [2.75, 3.05) is 6.61 Å². The Labute approximate surface area is 141 Å². The van der Waals surface area contributed by atoms with Gasteiger partial charge in [0, 0.05) is 17.5 Å². The van der Waals surface area contributed by atoms with Crippen LogP contribution in [0, 0.1) is 6.92 Å². The summed E-state index contributed by atoms with van der Waals surface area (Å²) in [5.41, 5.74) is 4.50. The fourth-order valence-corrected chi connectivity index (χ4v) is 3.02. The van der Waals surface area contributed by atoms with Gasteiger partial charge < -0.3 is 9.15 Å². The van der Waals surface area contributed by atoms with Gasteiger partial charge in [-0.2, -0.15) is 0 Å². The molecule has 0 atom stereocenters. The number of oxazole rings is 1. The van der Waals surface area contributed by atoms with E-state index >= 15 is 0 Å². The fraction of sp³-hybridized carbons (Fsp3) is 0.190. The zero-order valence-corrected chi connectivity index (χ0v) is 13.7. The number of fused-ring (bicyclic) bond motifs is 1. The van der Waals surface area contributed by atoms with Gasteiger partial charge in [0.2, 0.25) is 5.89 Å². The van der Waals surface area contributed by atoms with Gasteiger partial charge in [0.1, 0.15) is 11.5 Å². The van der Waals surface area contributed by atoms with E-state index in [9.17, 15) is 0 Å². The van der Waals surface area contributed by atoms with E-state index in [4.69, 9.17) is 9.15 Å². The molecule has 0 bridgehead atoms. The number of hydrogen-bond acceptors (Lipinski definition) is 3. The molecule has 0 amide bonds. The van der Waals surface area contributed by atoms with E-state index in [2.05, 4.69) is 23.2 Å². The minimum atomic E-state index is 0.595. The van der Waals surface area contributed by atoms with Crippen LogP contribution in [0.15, 0.2) is 59.0 Å². The minimum Gasteiger partial charge on any atom is -0.493 e. The zero-order valence-electron chi connectivity index (χ0n) is 13.7. The lowest BCUT2D eigenvalue weighted by Gasteiger charge is -2.10. The standard InChI is InChI=1S/C21H19NO2/c1-15-19(22-21(24-15)17-7-3-2-4-8-17)13-14-23-20-12-6-10-16-9-5-11-18(16)20/h2-10,12H,11,13-14H2,1H3. The maximum absolute atomic E-state index is 6.00. The Morgan fingerprint density at radius 3 is 2.83 bits per heavy atom. The number of rotatable bonds is 5. The van der Waals surface area contributed by atoms with E-state index in [1.807, 2.05) is 49.4 Å². The Morgan fingerprint density at radius 2 is 1.96 bits per heavy atom. The van der Waals surface area contributed by atoms with Crippen molar-refractivity contribution >= 4 is 6.08 Å². The molecule has 0 N–H and O–H groups in total. The molecule has 1 aliphatic rings. The molecule has 0 spiro atoms. The Hall–Kier alpha value is -2.81. The van der Waals surface area contributed by atoms with Gasteiger partial charge in [-0.3, -0.25) is 0 Å². The Kier molecular flexibility index (Phi) is 3.91. The van der Waals surface area contributed by atoms with Crippen LogP contribution in [0.2, 0.25) is 0 Å². The largest absolute Gasteiger partial charge is 0.493 e. The first kappa shape index (κ1) is 14.8. The molecule has 0 unspecified atom stereocenters. The molecule has 0 fully saturated rings. The van der Waals surface area contributed by atoms with Gasteiger partial charge in [0.05, 0.1) is 12.3 Å². The van der Waals surface area contributed by atoms with Crippen molar-refractivity contribution in [1.82, 2.24) is 4.98 Å². The second-order valence-corrected chi connectivity index (χ2v) is 5.92. The summed E-state index contributed by atoms with van der Waals surface area (Å²) in [5.74, 6) is 2.51. The molecule has 3 heteroatoms. The number of allylic oxidation sites excluding steroid dienone is 1. The van der Waals surface area contributed by atoms with Gasteiger partial charge in [0.25, 0.3) is 0 Å². The average molecular weight is 317 g/mol. The molecular formula is C21H19NO2. The molecule has 1 heterocycles. The SMILES string of the molecule is Cc1oc(-c2ccccc2)nc1CCOc1cccc2c1CC=C2. The van der Waals surface area contributed by atoms with Crippen LogP contribution < -0.4 is 4.74 Å². The summed E-state index contributed by atoms with van der Waals surface area (Å²) in [6.45, 7) is 2.55. The van der Waals surface area contributed by atoms with E-state index in [-0.39, 0.29) is 0 Å². The lowest BCUT2D eigenvalue weighted by molar-refractivity contribution is 0.317. The van der Waals surface area contributed by atoms with Crippen LogP contribution in [0.5, 0.6) is 5.75 Å². The Morgan fingerprint density at radius 1 is 1.08 bits per heavy atom. The number of aromatic nitrogens is 1. The molecular weight excluding hydrogens is 298 g/mol. The lowest BCUT2D eigenvalue weighted by Crippen LogP contribution is -2.04. The predicted octanol–water partition coefficient (Wildman–Crippen LogP) is 4.84. The second kappa shape index (κ2) is 6.36. The highest BCUT2D eigenvalue weighted by Crippen LogP contribution is 2.29. The Bertz CT molecular complexity index is 878. The highest BCUT2D eigenvalue weighted by atomic mass is 16.5. The van der Waals surface area contributed by atoms with E-state index in [1.165, 1.54) is 11.1 Å². The molecule has 0 radical (unpaired) electrons. The summed E-state index contributed by atoms with van der Waals surface area (Å²) < 4.78 is 11.8. The molecule has 2 aromatic carbocycles. The Balaban J connectivity index is 1.44. The molecule has 3 aromatic rings. The monoisotopic (exact) mass is 317 g/mol. The van der Waals surface area contributed by atoms with Crippen LogP contribution >= 0.6 is 0 Å². The van der Waals surface area contributed by atoms with Crippen molar-refractivity contribution in [3.63, 3.8) is 0 Å². The fourth-order valence-electron chi connectivity index (χ4n) is 3.02. The van der Waals surface area contributed by atoms with Gasteiger partial charge in [-0.1, -0.05) is 42.5 Å². The molecule has 3 nitrogen and oxygen atoms in total. The quantitative estimate of drug-likeness (QED) is 0.675. The minimum absolute atomic E-state index is 0.595. The van der Waals surface area contributed by atoms with Crippen molar-refractivity contribution < 1.29 is 9.15 Å². The average Bonchev–Trinajstić information content (AvgIpc) is 3.23. The summed E-state index contributed by atoms with van der Waals surface area (Å²) in [6.07, 6.45) is 6.01. The molecule has 1 aromatic heterocycles. The highest BCUT2D eigenvalue weighted by Gasteiger charge is 2.13. The molecule has 120 valence electrons. The third-order valence-corrected chi connectivity index (χ3v) is 4.30. The molecule has 1 aliphatic carbocycles. The van der Waals surface area contributed by atoms with Crippen LogP contribution in [0.1, 0.15) is 22.6 Å². The smallest absolute Gasteiger partial charge is 0.226 e. The first-order chi connectivity index (χ1) is 11.8. The van der Waals surface area contributed by atoms with Crippen molar-refractivity contribution in [1.29, 1.82) is 0 Å². The maximum atomic E-state index is 6.00. The first-order valence-electron chi connectivity index (χ1n) is 8.24. The van der Waals surface area contributed by atoms with Crippen LogP contribution in [0.25, 0.3) is 17.5 Å². The maximum Gasteiger partial charge on any atom is 0.226 e. The van der Waals surface area contributed by atoms with Crippen molar-refractivity contribution in [3.05, 3.63) is 77.2 Å². The van der Waals surface area contributed by atoms with Crippen molar-refractivity contribution in [3.8, 4) is 17.2 Å². The predicted molar refractivity (Wildman–Crippen MR) is 95.1 cm³/mol. The lowest BCUT2D eigenvalue weighted by atomic mass is 10.1. The van der Waals surface area contributed by atoms with Crippen LogP contribution in [-0.4, -0.2) is 11.6 Å². The summed E-state index contributed by atoms with van der Waals surface area (Å²) >= 11 is 0. The van der Waals surface area contributed by atoms with Crippen molar-refractivity contribution in [2.24, 2.45) is 0 Å². The number of aryl methyl sites for hydroxylation is 1. The summed E-state index contributed by atoms with van der Waals surface area (Å²) in [5, 5.41) is 0. The topological polar surface area (TPSA) is 35.3 Å². The number of ether oxygens (including phenoxy) is 1. The molecule has 24 heavy (non-hydrogen) atoms. The van der Waals surface area contributed by atoms with E-state index in [0.717, 1.165) is 35.6 Å². The van der Waals surface area contributed by atoms with Gasteiger partial charge >= 0.3 is 0 Å². The van der Waals surface area contributed by atoms with E-state index < -0.39 is 0 Å². The third-order valence-electron chi connectivity index (χ3n) is 4.30. The molecule has 0 saturated carbocycles. The van der Waals surface area contributed by atoms with Crippen LogP contribution in [0.4, 0.5) is 0 Å². The van der Waals surface area contributed by atoms with Crippen LogP contribution in [0.3, 0.4) is 0 Å². The van der Waals surface area contributed by atoms with Gasteiger partial charge in [-0.15, -0.1) is 0 Å². The number of benzene rings is 2. The van der Waals surface area contributed by atoms with E-state index in [1.54, 1.807) is 0 Å². The zero-order chi connectivity index (χ0) is 16.4. The summed E-state index contributed by atoms with van der Waals surface area (Å²) in [7, 11) is 0. The second-order valence-electron chi connectivity index (χ2n) is 5.92. The summed E-state index contributed by atoms with van der Waals surface area (Å²) in [4.78, 5) is 4.62. The molecule has 0 aliphatic heterocycles. The first-order valence-corrected chi connectivity index (χ1v) is 8.24. The van der Waals surface area contributed by atoms with Gasteiger partial charge in [0.15, 0.2) is 0 Å². The van der Waals surface area contributed by atoms with Gasteiger partial charge in [-0.25, -0.2) is 4.98 Å². The van der Waals surface area contributed by atoms with Gasteiger partial charge in [-0.05, 0) is 37.1 Å². The van der Waals surface area contributed by atoms with Crippen molar-refractivity contribution in [2.45, 2.75) is 19.8 Å². The molecule has 4 rings (SSSR count). The number of hydrogen-bond donors (Lipinski definition) is 0. The third kappa shape index (κ3) is 2.85. The van der Waals surface area contributed by atoms with E-state index in [0.29, 0.717) is 12.5 Å².